The summed E-state index contributed by atoms with van der Waals surface area (Å²) in [6.07, 6.45) is 3.98. The van der Waals surface area contributed by atoms with Gasteiger partial charge in [-0.25, -0.2) is 0 Å². The Morgan fingerprint density at radius 1 is 0.857 bits per heavy atom. The van der Waals surface area contributed by atoms with E-state index in [-0.39, 0.29) is 0 Å². The van der Waals surface area contributed by atoms with E-state index in [0.717, 1.165) is 42.9 Å². The third-order valence-electron chi connectivity index (χ3n) is 5.13. The number of ether oxygens (including phenoxy) is 1. The van der Waals surface area contributed by atoms with Gasteiger partial charge in [-0.2, -0.15) is 0 Å². The molecule has 0 aliphatic carbocycles. The normalized spacial score (nSPS) is 13.5. The van der Waals surface area contributed by atoms with Crippen molar-refractivity contribution in [3.05, 3.63) is 64.7 Å². The van der Waals surface area contributed by atoms with Gasteiger partial charge in [-0.15, -0.1) is 0 Å². The van der Waals surface area contributed by atoms with Crippen LogP contribution in [0.25, 0.3) is 0 Å². The number of nitrogens with zero attached hydrogens (tertiary/aromatic N) is 1. The Labute approximate surface area is 175 Å². The molecule has 0 fully saturated rings. The molecule has 0 heterocycles. The van der Waals surface area contributed by atoms with Gasteiger partial charge in [-0.3, -0.25) is 0 Å². The summed E-state index contributed by atoms with van der Waals surface area (Å²) in [6, 6.07) is 15.2. The van der Waals surface area contributed by atoms with Gasteiger partial charge < -0.3 is 14.7 Å². The molecule has 28 heavy (non-hydrogen) atoms. The van der Waals surface area contributed by atoms with E-state index >= 15 is 0 Å². The standard InChI is InChI=1S/C24H34ClNO2/c1-4-16-26(17-5-2)18-7-19-28-23-14-10-21(11-15-23)24(27,6-3)20-8-12-22(25)13-9-20/h8-15,27H,4-7,16-19H2,1-3H3. The SMILES string of the molecule is CCCN(CCC)CCCOc1ccc(C(O)(CC)c2ccc(Cl)cc2)cc1. The fraction of sp³-hybridized carbons (Fsp3) is 0.500. The molecule has 2 rings (SSSR count). The first-order chi connectivity index (χ1) is 13.5. The van der Waals surface area contributed by atoms with Crippen LogP contribution in [0.1, 0.15) is 57.6 Å². The molecule has 0 aliphatic heterocycles. The monoisotopic (exact) mass is 403 g/mol. The molecule has 0 saturated heterocycles. The van der Waals surface area contributed by atoms with Crippen LogP contribution in [0, 0.1) is 0 Å². The second kappa shape index (κ2) is 11.5. The number of benzene rings is 2. The number of hydrogen-bond donors (Lipinski definition) is 1. The molecule has 2 aromatic carbocycles. The lowest BCUT2D eigenvalue weighted by Gasteiger charge is -2.28. The van der Waals surface area contributed by atoms with E-state index in [1.807, 2.05) is 55.5 Å². The van der Waals surface area contributed by atoms with Gasteiger partial charge in [0.05, 0.1) is 6.61 Å². The number of hydrogen-bond acceptors (Lipinski definition) is 3. The van der Waals surface area contributed by atoms with Crippen LogP contribution < -0.4 is 4.74 Å². The Morgan fingerprint density at radius 3 is 1.89 bits per heavy atom. The summed E-state index contributed by atoms with van der Waals surface area (Å²) in [5.74, 6) is 0.843. The zero-order chi connectivity index (χ0) is 20.4. The summed E-state index contributed by atoms with van der Waals surface area (Å²) < 4.78 is 5.91. The summed E-state index contributed by atoms with van der Waals surface area (Å²) in [6.45, 7) is 10.5. The fourth-order valence-corrected chi connectivity index (χ4v) is 3.70. The molecule has 1 N–H and O–H groups in total. The van der Waals surface area contributed by atoms with E-state index < -0.39 is 5.60 Å². The zero-order valence-corrected chi connectivity index (χ0v) is 18.2. The van der Waals surface area contributed by atoms with E-state index in [1.165, 1.54) is 12.8 Å². The molecule has 0 spiro atoms. The molecule has 4 heteroatoms. The van der Waals surface area contributed by atoms with Crippen molar-refractivity contribution in [2.45, 2.75) is 52.1 Å². The number of aliphatic hydroxyl groups is 1. The minimum absolute atomic E-state index is 0.583. The summed E-state index contributed by atoms with van der Waals surface area (Å²) in [7, 11) is 0. The predicted octanol–water partition coefficient (Wildman–Crippen LogP) is 5.88. The Hall–Kier alpha value is -1.55. The highest BCUT2D eigenvalue weighted by Crippen LogP contribution is 2.34. The van der Waals surface area contributed by atoms with Crippen LogP contribution in [0.3, 0.4) is 0 Å². The highest BCUT2D eigenvalue weighted by atomic mass is 35.5. The quantitative estimate of drug-likeness (QED) is 0.449. The minimum Gasteiger partial charge on any atom is -0.494 e. The average molecular weight is 404 g/mol. The third kappa shape index (κ3) is 6.23. The van der Waals surface area contributed by atoms with Gasteiger partial charge in [0, 0.05) is 11.6 Å². The molecule has 154 valence electrons. The summed E-state index contributed by atoms with van der Waals surface area (Å²) in [4.78, 5) is 2.50. The second-order valence-corrected chi connectivity index (χ2v) is 7.73. The minimum atomic E-state index is -1.02. The molecule has 3 nitrogen and oxygen atoms in total. The van der Waals surface area contributed by atoms with Crippen molar-refractivity contribution in [3.8, 4) is 5.75 Å². The lowest BCUT2D eigenvalue weighted by Crippen LogP contribution is -2.27. The Bertz CT molecular complexity index is 681. The first-order valence-corrected chi connectivity index (χ1v) is 10.8. The largest absolute Gasteiger partial charge is 0.494 e. The second-order valence-electron chi connectivity index (χ2n) is 7.29. The van der Waals surface area contributed by atoms with Crippen LogP contribution in [0.15, 0.2) is 48.5 Å². The molecule has 0 amide bonds. The van der Waals surface area contributed by atoms with Crippen LogP contribution >= 0.6 is 11.6 Å². The molecule has 2 aromatic rings. The van der Waals surface area contributed by atoms with Gasteiger partial charge in [-0.1, -0.05) is 56.6 Å². The third-order valence-corrected chi connectivity index (χ3v) is 5.38. The molecule has 0 saturated carbocycles. The predicted molar refractivity (Wildman–Crippen MR) is 118 cm³/mol. The topological polar surface area (TPSA) is 32.7 Å². The van der Waals surface area contributed by atoms with Crippen molar-refractivity contribution in [1.82, 2.24) is 4.90 Å². The molecular weight excluding hydrogens is 370 g/mol. The van der Waals surface area contributed by atoms with Crippen LogP contribution in [-0.4, -0.2) is 36.2 Å². The molecule has 0 bridgehead atoms. The summed E-state index contributed by atoms with van der Waals surface area (Å²) >= 11 is 5.99. The van der Waals surface area contributed by atoms with E-state index in [0.29, 0.717) is 18.1 Å². The van der Waals surface area contributed by atoms with Crippen LogP contribution in [0.5, 0.6) is 5.75 Å². The summed E-state index contributed by atoms with van der Waals surface area (Å²) in [5, 5.41) is 11.9. The Kier molecular flexibility index (Phi) is 9.30. The van der Waals surface area contributed by atoms with Gasteiger partial charge >= 0.3 is 0 Å². The Morgan fingerprint density at radius 2 is 1.39 bits per heavy atom. The maximum Gasteiger partial charge on any atom is 0.119 e. The van der Waals surface area contributed by atoms with Gasteiger partial charge in [0.1, 0.15) is 11.4 Å². The van der Waals surface area contributed by atoms with Crippen molar-refractivity contribution >= 4 is 11.6 Å². The molecule has 0 aromatic heterocycles. The maximum absolute atomic E-state index is 11.2. The van der Waals surface area contributed by atoms with E-state index in [1.54, 1.807) is 0 Å². The van der Waals surface area contributed by atoms with Gasteiger partial charge in [0.25, 0.3) is 0 Å². The van der Waals surface area contributed by atoms with Gasteiger partial charge in [-0.05, 0) is 74.2 Å². The fourth-order valence-electron chi connectivity index (χ4n) is 3.57. The zero-order valence-electron chi connectivity index (χ0n) is 17.5. The van der Waals surface area contributed by atoms with E-state index in [4.69, 9.17) is 16.3 Å². The van der Waals surface area contributed by atoms with Crippen molar-refractivity contribution in [2.75, 3.05) is 26.2 Å². The van der Waals surface area contributed by atoms with Crippen LogP contribution in [-0.2, 0) is 5.60 Å². The smallest absolute Gasteiger partial charge is 0.119 e. The van der Waals surface area contributed by atoms with E-state index in [2.05, 4.69) is 18.7 Å². The number of rotatable bonds is 12. The van der Waals surface area contributed by atoms with E-state index in [9.17, 15) is 5.11 Å². The van der Waals surface area contributed by atoms with Crippen molar-refractivity contribution < 1.29 is 9.84 Å². The van der Waals surface area contributed by atoms with Crippen LogP contribution in [0.2, 0.25) is 5.02 Å². The molecule has 1 unspecified atom stereocenters. The highest BCUT2D eigenvalue weighted by Gasteiger charge is 2.29. The summed E-state index contributed by atoms with van der Waals surface area (Å²) in [5.41, 5.74) is 0.686. The molecule has 0 aliphatic rings. The first kappa shape index (κ1) is 22.7. The molecule has 0 radical (unpaired) electrons. The lowest BCUT2D eigenvalue weighted by molar-refractivity contribution is 0.0765. The van der Waals surface area contributed by atoms with Gasteiger partial charge in [0.15, 0.2) is 0 Å². The maximum atomic E-state index is 11.2. The van der Waals surface area contributed by atoms with Crippen molar-refractivity contribution in [1.29, 1.82) is 0 Å². The average Bonchev–Trinajstić information content (AvgIpc) is 2.72. The van der Waals surface area contributed by atoms with Crippen LogP contribution in [0.4, 0.5) is 0 Å². The molecular formula is C24H34ClNO2. The first-order valence-electron chi connectivity index (χ1n) is 10.5. The Balaban J connectivity index is 1.94. The van der Waals surface area contributed by atoms with Gasteiger partial charge in [0.2, 0.25) is 0 Å². The highest BCUT2D eigenvalue weighted by molar-refractivity contribution is 6.30. The van der Waals surface area contributed by atoms with Crippen molar-refractivity contribution in [2.24, 2.45) is 0 Å². The number of halogens is 1. The van der Waals surface area contributed by atoms with Crippen molar-refractivity contribution in [3.63, 3.8) is 0 Å². The molecule has 1 atom stereocenters. The lowest BCUT2D eigenvalue weighted by atomic mass is 9.84.